The summed E-state index contributed by atoms with van der Waals surface area (Å²) in [6.45, 7) is 1.34. The predicted octanol–water partition coefficient (Wildman–Crippen LogP) is 0.560. The normalized spacial score (nSPS) is 7.33. The first kappa shape index (κ1) is 11.3. The second-order valence-electron chi connectivity index (χ2n) is 1.45. The molecule has 0 bridgehead atoms. The number of methoxy groups -OCH3 is 1. The van der Waals surface area contributed by atoms with E-state index in [0.29, 0.717) is 0 Å². The molecule has 9 heavy (non-hydrogen) atoms. The van der Waals surface area contributed by atoms with Gasteiger partial charge < -0.3 is 4.74 Å². The average molecular weight is 153 g/mol. The Morgan fingerprint density at radius 3 is 2.00 bits per heavy atom. The van der Waals surface area contributed by atoms with Gasteiger partial charge in [-0.05, 0) is 6.92 Å². The molecule has 0 aliphatic heterocycles. The lowest BCUT2D eigenvalue weighted by atomic mass is 10.3. The molecule has 0 atom stereocenters. The minimum atomic E-state index is -0.475. The molecule has 54 valence electrons. The third-order valence-corrected chi connectivity index (χ3v) is 0.621. The van der Waals surface area contributed by atoms with Gasteiger partial charge in [-0.3, -0.25) is 9.59 Å². The third kappa shape index (κ3) is 7.43. The van der Waals surface area contributed by atoms with E-state index in [-0.39, 0.29) is 24.6 Å². The number of ketones is 1. The Morgan fingerprint density at radius 1 is 1.44 bits per heavy atom. The van der Waals surface area contributed by atoms with Gasteiger partial charge >= 0.3 is 5.97 Å². The van der Waals surface area contributed by atoms with Crippen LogP contribution in [0.4, 0.5) is 0 Å². The molecule has 0 aromatic heterocycles. The molecule has 0 heterocycles. The lowest BCUT2D eigenvalue weighted by Crippen LogP contribution is -2.05. The molecule has 0 N–H and O–H groups in total. The number of rotatable bonds is 2. The second kappa shape index (κ2) is 5.56. The number of esters is 1. The summed E-state index contributed by atoms with van der Waals surface area (Å²) in [4.78, 5) is 20.3. The number of Topliss-reactive ketones (excluding diaryl/α,β-unsaturated/α-hetero) is 1. The van der Waals surface area contributed by atoms with Crippen molar-refractivity contribution in [3.8, 4) is 0 Å². The molecule has 0 fully saturated rings. The monoisotopic (exact) mass is 152 g/mol. The van der Waals surface area contributed by atoms with Crippen LogP contribution in [0.25, 0.3) is 0 Å². The van der Waals surface area contributed by atoms with Gasteiger partial charge in [-0.1, -0.05) is 0 Å². The van der Waals surface area contributed by atoms with Crippen LogP contribution < -0.4 is 0 Å². The van der Waals surface area contributed by atoms with Crippen LogP contribution in [0.3, 0.4) is 0 Å². The molecule has 0 aromatic rings. The van der Waals surface area contributed by atoms with E-state index in [0.717, 1.165) is 0 Å². The molecule has 0 rings (SSSR count). The largest absolute Gasteiger partial charge is 0.469 e. The van der Waals surface area contributed by atoms with Gasteiger partial charge in [-0.15, -0.1) is 12.4 Å². The van der Waals surface area contributed by atoms with Crippen LogP contribution in [-0.2, 0) is 14.3 Å². The summed E-state index contributed by atoms with van der Waals surface area (Å²) in [7, 11) is 1.26. The van der Waals surface area contributed by atoms with Crippen molar-refractivity contribution < 1.29 is 14.3 Å². The van der Waals surface area contributed by atoms with Crippen molar-refractivity contribution in [1.82, 2.24) is 0 Å². The lowest BCUT2D eigenvalue weighted by Gasteiger charge is -1.90. The summed E-state index contributed by atoms with van der Waals surface area (Å²) >= 11 is 0. The highest BCUT2D eigenvalue weighted by molar-refractivity contribution is 5.93. The molecule has 0 aromatic carbocycles. The Hall–Kier alpha value is -0.570. The average Bonchev–Trinajstić information content (AvgIpc) is 1.65. The number of hydrogen-bond donors (Lipinski definition) is 0. The first-order valence-electron chi connectivity index (χ1n) is 2.23. The molecule has 4 heteroatoms. The van der Waals surface area contributed by atoms with Gasteiger partial charge in [0.2, 0.25) is 0 Å². The van der Waals surface area contributed by atoms with E-state index >= 15 is 0 Å². The zero-order valence-electron chi connectivity index (χ0n) is 5.34. The van der Waals surface area contributed by atoms with Crippen LogP contribution in [-0.4, -0.2) is 18.9 Å². The van der Waals surface area contributed by atoms with E-state index in [9.17, 15) is 9.59 Å². The minimum absolute atomic E-state index is 0. The minimum Gasteiger partial charge on any atom is -0.469 e. The molecule has 0 aliphatic rings. The Morgan fingerprint density at radius 2 is 1.89 bits per heavy atom. The molecular weight excluding hydrogens is 144 g/mol. The Labute approximate surface area is 59.8 Å². The topological polar surface area (TPSA) is 43.4 Å². The highest BCUT2D eigenvalue weighted by Gasteiger charge is 2.01. The van der Waals surface area contributed by atoms with Crippen LogP contribution in [0.15, 0.2) is 0 Å². The van der Waals surface area contributed by atoms with Crippen molar-refractivity contribution in [1.29, 1.82) is 0 Å². The summed E-state index contributed by atoms with van der Waals surface area (Å²) in [6.07, 6.45) is -0.115. The smallest absolute Gasteiger partial charge is 0.313 e. The first-order chi connectivity index (χ1) is 3.66. The van der Waals surface area contributed by atoms with Gasteiger partial charge in [0, 0.05) is 0 Å². The van der Waals surface area contributed by atoms with Crippen molar-refractivity contribution in [2.24, 2.45) is 0 Å². The van der Waals surface area contributed by atoms with E-state index in [4.69, 9.17) is 0 Å². The van der Waals surface area contributed by atoms with Gasteiger partial charge in [0.05, 0.1) is 7.11 Å². The zero-order valence-corrected chi connectivity index (χ0v) is 6.16. The van der Waals surface area contributed by atoms with Crippen LogP contribution in [0.5, 0.6) is 0 Å². The van der Waals surface area contributed by atoms with Crippen molar-refractivity contribution in [3.05, 3.63) is 0 Å². The molecule has 0 spiro atoms. The quantitative estimate of drug-likeness (QED) is 0.429. The maximum Gasteiger partial charge on any atom is 0.313 e. The number of hydrogen-bond acceptors (Lipinski definition) is 3. The summed E-state index contributed by atoms with van der Waals surface area (Å²) in [5.74, 6) is -0.644. The highest BCUT2D eigenvalue weighted by atomic mass is 35.5. The summed E-state index contributed by atoms with van der Waals surface area (Å²) in [5, 5.41) is 0. The number of halogens is 1. The fraction of sp³-hybridized carbons (Fsp3) is 0.600. The fourth-order valence-electron chi connectivity index (χ4n) is 0.275. The predicted molar refractivity (Wildman–Crippen MR) is 34.6 cm³/mol. The van der Waals surface area contributed by atoms with Gasteiger partial charge in [0.25, 0.3) is 0 Å². The summed E-state index contributed by atoms with van der Waals surface area (Å²) < 4.78 is 4.20. The molecular formula is C5H9ClO3. The van der Waals surface area contributed by atoms with Gasteiger partial charge in [0.1, 0.15) is 12.2 Å². The first-order valence-corrected chi connectivity index (χ1v) is 2.23. The Kier molecular flexibility index (Phi) is 6.96. The van der Waals surface area contributed by atoms with Crippen molar-refractivity contribution in [2.75, 3.05) is 7.11 Å². The number of carbonyl (C=O) groups excluding carboxylic acids is 2. The molecule has 0 aliphatic carbocycles. The van der Waals surface area contributed by atoms with Gasteiger partial charge in [-0.25, -0.2) is 0 Å². The van der Waals surface area contributed by atoms with E-state index < -0.39 is 5.97 Å². The van der Waals surface area contributed by atoms with Gasteiger partial charge in [0.15, 0.2) is 0 Å². The zero-order chi connectivity index (χ0) is 6.57. The van der Waals surface area contributed by atoms with Crippen molar-refractivity contribution in [2.45, 2.75) is 13.3 Å². The summed E-state index contributed by atoms with van der Waals surface area (Å²) in [5.41, 5.74) is 0. The standard InChI is InChI=1S/C5H8O3.ClH/c1-4(6)3-5(7)8-2;/h3H2,1-2H3;1H. The van der Waals surface area contributed by atoms with E-state index in [1.807, 2.05) is 0 Å². The van der Waals surface area contributed by atoms with Crippen LogP contribution >= 0.6 is 12.4 Å². The number of carbonyl (C=O) groups is 2. The molecule has 0 saturated heterocycles. The molecule has 0 radical (unpaired) electrons. The van der Waals surface area contributed by atoms with Crippen LogP contribution in [0.2, 0.25) is 0 Å². The Balaban J connectivity index is 0. The molecule has 0 unspecified atom stereocenters. The maximum absolute atomic E-state index is 10.2. The van der Waals surface area contributed by atoms with Gasteiger partial charge in [-0.2, -0.15) is 0 Å². The van der Waals surface area contributed by atoms with E-state index in [1.54, 1.807) is 0 Å². The van der Waals surface area contributed by atoms with E-state index in [1.165, 1.54) is 14.0 Å². The van der Waals surface area contributed by atoms with Crippen LogP contribution in [0.1, 0.15) is 13.3 Å². The molecule has 0 amide bonds. The lowest BCUT2D eigenvalue weighted by molar-refractivity contribution is -0.142. The van der Waals surface area contributed by atoms with Crippen molar-refractivity contribution in [3.63, 3.8) is 0 Å². The maximum atomic E-state index is 10.2. The third-order valence-electron chi connectivity index (χ3n) is 0.621. The number of ether oxygens (including phenoxy) is 1. The molecule has 0 saturated carbocycles. The SMILES string of the molecule is COC(=O)CC(C)=O.Cl. The second-order valence-corrected chi connectivity index (χ2v) is 1.45. The highest BCUT2D eigenvalue weighted by Crippen LogP contribution is 1.83. The van der Waals surface area contributed by atoms with Crippen molar-refractivity contribution >= 4 is 24.2 Å². The van der Waals surface area contributed by atoms with E-state index in [2.05, 4.69) is 4.74 Å². The summed E-state index contributed by atoms with van der Waals surface area (Å²) in [6, 6.07) is 0. The molecule has 3 nitrogen and oxygen atoms in total. The van der Waals surface area contributed by atoms with Crippen LogP contribution in [0, 0.1) is 0 Å². The fourth-order valence-corrected chi connectivity index (χ4v) is 0.275. The Bertz CT molecular complexity index is 111.